The van der Waals surface area contributed by atoms with Gasteiger partial charge in [0, 0.05) is 19.5 Å². The highest BCUT2D eigenvalue weighted by Gasteiger charge is 2.02. The van der Waals surface area contributed by atoms with Crippen LogP contribution in [-0.2, 0) is 13.1 Å². The number of rotatable bonds is 6. The summed E-state index contributed by atoms with van der Waals surface area (Å²) in [4.78, 5) is 4.27. The number of hydrogen-bond acceptors (Lipinski definition) is 4. The summed E-state index contributed by atoms with van der Waals surface area (Å²) >= 11 is 0. The minimum atomic E-state index is 0.536. The van der Waals surface area contributed by atoms with Gasteiger partial charge in [-0.15, -0.1) is 0 Å². The SMILES string of the molecule is Cc1nc(C)n(CCCOc2cccc(CN)c2)n1. The minimum absolute atomic E-state index is 0.536. The molecule has 0 atom stereocenters. The number of nitrogens with zero attached hydrogens (tertiary/aromatic N) is 3. The van der Waals surface area contributed by atoms with Crippen LogP contribution in [0.3, 0.4) is 0 Å². The van der Waals surface area contributed by atoms with Crippen molar-refractivity contribution in [3.8, 4) is 5.75 Å². The van der Waals surface area contributed by atoms with Crippen LogP contribution in [0, 0.1) is 13.8 Å². The average Bonchev–Trinajstić information content (AvgIpc) is 2.73. The maximum absolute atomic E-state index is 5.70. The molecule has 0 aliphatic carbocycles. The standard InChI is InChI=1S/C14H20N4O/c1-11-16-12(2)18(17-11)7-4-8-19-14-6-3-5-13(9-14)10-15/h3,5-6,9H,4,7-8,10,15H2,1-2H3. The van der Waals surface area contributed by atoms with Gasteiger partial charge in [-0.25, -0.2) is 9.67 Å². The van der Waals surface area contributed by atoms with Gasteiger partial charge >= 0.3 is 0 Å². The second kappa shape index (κ2) is 6.33. The van der Waals surface area contributed by atoms with Crippen LogP contribution in [0.2, 0.25) is 0 Å². The maximum Gasteiger partial charge on any atom is 0.147 e. The minimum Gasteiger partial charge on any atom is -0.494 e. The summed E-state index contributed by atoms with van der Waals surface area (Å²) in [6, 6.07) is 7.88. The molecule has 2 aromatic rings. The fraction of sp³-hybridized carbons (Fsp3) is 0.429. The summed E-state index contributed by atoms with van der Waals surface area (Å²) in [5.74, 6) is 2.63. The van der Waals surface area contributed by atoms with E-state index in [9.17, 15) is 0 Å². The Balaban J connectivity index is 1.79. The Morgan fingerprint density at radius 3 is 2.84 bits per heavy atom. The topological polar surface area (TPSA) is 66.0 Å². The van der Waals surface area contributed by atoms with Gasteiger partial charge in [-0.3, -0.25) is 0 Å². The van der Waals surface area contributed by atoms with Crippen molar-refractivity contribution in [3.05, 3.63) is 41.5 Å². The lowest BCUT2D eigenvalue weighted by Crippen LogP contribution is -2.07. The summed E-state index contributed by atoms with van der Waals surface area (Å²) in [5, 5.41) is 4.32. The van der Waals surface area contributed by atoms with Crippen molar-refractivity contribution in [3.63, 3.8) is 0 Å². The Kier molecular flexibility index (Phi) is 4.52. The number of aryl methyl sites for hydroxylation is 3. The van der Waals surface area contributed by atoms with Crippen LogP contribution in [0.1, 0.15) is 23.6 Å². The fourth-order valence-corrected chi connectivity index (χ4v) is 1.94. The Morgan fingerprint density at radius 2 is 2.16 bits per heavy atom. The largest absolute Gasteiger partial charge is 0.494 e. The summed E-state index contributed by atoms with van der Waals surface area (Å²) in [6.45, 7) is 5.88. The van der Waals surface area contributed by atoms with E-state index < -0.39 is 0 Å². The first-order valence-electron chi connectivity index (χ1n) is 6.49. The Morgan fingerprint density at radius 1 is 1.32 bits per heavy atom. The van der Waals surface area contributed by atoms with Crippen molar-refractivity contribution in [2.75, 3.05) is 6.61 Å². The lowest BCUT2D eigenvalue weighted by molar-refractivity contribution is 0.297. The van der Waals surface area contributed by atoms with E-state index in [-0.39, 0.29) is 0 Å². The van der Waals surface area contributed by atoms with Gasteiger partial charge in [0.25, 0.3) is 0 Å². The molecule has 2 rings (SSSR count). The van der Waals surface area contributed by atoms with E-state index in [1.165, 1.54) is 0 Å². The molecular formula is C14H20N4O. The molecule has 5 nitrogen and oxygen atoms in total. The molecule has 0 aliphatic rings. The van der Waals surface area contributed by atoms with Gasteiger partial charge < -0.3 is 10.5 Å². The van der Waals surface area contributed by atoms with Gasteiger partial charge in [-0.1, -0.05) is 12.1 Å². The van der Waals surface area contributed by atoms with Gasteiger partial charge in [0.2, 0.25) is 0 Å². The van der Waals surface area contributed by atoms with Crippen LogP contribution in [0.25, 0.3) is 0 Å². The average molecular weight is 260 g/mol. The molecule has 0 unspecified atom stereocenters. The van der Waals surface area contributed by atoms with Crippen molar-refractivity contribution in [2.45, 2.75) is 33.4 Å². The van der Waals surface area contributed by atoms with Crippen LogP contribution in [0.5, 0.6) is 5.75 Å². The third-order valence-corrected chi connectivity index (χ3v) is 2.88. The first kappa shape index (κ1) is 13.5. The molecule has 0 aliphatic heterocycles. The lowest BCUT2D eigenvalue weighted by Gasteiger charge is -2.08. The molecule has 1 aromatic carbocycles. The molecule has 0 bridgehead atoms. The predicted molar refractivity (Wildman–Crippen MR) is 73.9 cm³/mol. The van der Waals surface area contributed by atoms with Crippen molar-refractivity contribution in [2.24, 2.45) is 5.73 Å². The zero-order chi connectivity index (χ0) is 13.7. The highest BCUT2D eigenvalue weighted by molar-refractivity contribution is 5.28. The monoisotopic (exact) mass is 260 g/mol. The Bertz CT molecular complexity index is 536. The van der Waals surface area contributed by atoms with Crippen LogP contribution in [0.4, 0.5) is 0 Å². The van der Waals surface area contributed by atoms with E-state index in [0.717, 1.165) is 35.9 Å². The van der Waals surface area contributed by atoms with E-state index in [1.807, 2.05) is 42.8 Å². The molecule has 0 spiro atoms. The highest BCUT2D eigenvalue weighted by Crippen LogP contribution is 2.13. The van der Waals surface area contributed by atoms with E-state index >= 15 is 0 Å². The Hall–Kier alpha value is -1.88. The molecule has 1 aromatic heterocycles. The number of benzene rings is 1. The molecule has 19 heavy (non-hydrogen) atoms. The molecule has 0 fully saturated rings. The van der Waals surface area contributed by atoms with Crippen molar-refractivity contribution in [1.29, 1.82) is 0 Å². The van der Waals surface area contributed by atoms with E-state index in [0.29, 0.717) is 13.2 Å². The molecule has 5 heteroatoms. The Labute approximate surface area is 113 Å². The van der Waals surface area contributed by atoms with Crippen molar-refractivity contribution < 1.29 is 4.74 Å². The molecule has 0 amide bonds. The summed E-state index contributed by atoms with van der Waals surface area (Å²) in [7, 11) is 0. The van der Waals surface area contributed by atoms with Crippen molar-refractivity contribution in [1.82, 2.24) is 14.8 Å². The molecule has 0 radical (unpaired) electrons. The van der Waals surface area contributed by atoms with Gasteiger partial charge in [0.15, 0.2) is 0 Å². The van der Waals surface area contributed by atoms with Crippen LogP contribution < -0.4 is 10.5 Å². The molecule has 2 N–H and O–H groups in total. The summed E-state index contributed by atoms with van der Waals surface area (Å²) in [5.41, 5.74) is 6.68. The second-order valence-corrected chi connectivity index (χ2v) is 4.48. The zero-order valence-corrected chi connectivity index (χ0v) is 11.5. The summed E-state index contributed by atoms with van der Waals surface area (Å²) < 4.78 is 7.61. The first-order chi connectivity index (χ1) is 9.19. The predicted octanol–water partition coefficient (Wildman–Crippen LogP) is 1.82. The highest BCUT2D eigenvalue weighted by atomic mass is 16.5. The normalized spacial score (nSPS) is 10.7. The fourth-order valence-electron chi connectivity index (χ4n) is 1.94. The van der Waals surface area contributed by atoms with Crippen LogP contribution >= 0.6 is 0 Å². The number of hydrogen-bond donors (Lipinski definition) is 1. The van der Waals surface area contributed by atoms with E-state index in [1.54, 1.807) is 0 Å². The third-order valence-electron chi connectivity index (χ3n) is 2.88. The van der Waals surface area contributed by atoms with Gasteiger partial charge in [0.05, 0.1) is 6.61 Å². The zero-order valence-electron chi connectivity index (χ0n) is 11.5. The van der Waals surface area contributed by atoms with Crippen LogP contribution in [0.15, 0.2) is 24.3 Å². The van der Waals surface area contributed by atoms with E-state index in [4.69, 9.17) is 10.5 Å². The van der Waals surface area contributed by atoms with Crippen LogP contribution in [-0.4, -0.2) is 21.4 Å². The molecular weight excluding hydrogens is 240 g/mol. The van der Waals surface area contributed by atoms with E-state index in [2.05, 4.69) is 10.1 Å². The lowest BCUT2D eigenvalue weighted by atomic mass is 10.2. The molecule has 1 heterocycles. The van der Waals surface area contributed by atoms with Gasteiger partial charge in [0.1, 0.15) is 17.4 Å². The quantitative estimate of drug-likeness (QED) is 0.805. The van der Waals surface area contributed by atoms with Gasteiger partial charge in [-0.2, -0.15) is 5.10 Å². The summed E-state index contributed by atoms with van der Waals surface area (Å²) in [6.07, 6.45) is 0.899. The molecule has 102 valence electrons. The smallest absolute Gasteiger partial charge is 0.147 e. The third kappa shape index (κ3) is 3.79. The number of ether oxygens (including phenoxy) is 1. The van der Waals surface area contributed by atoms with Crippen molar-refractivity contribution >= 4 is 0 Å². The second-order valence-electron chi connectivity index (χ2n) is 4.48. The first-order valence-corrected chi connectivity index (χ1v) is 6.49. The maximum atomic E-state index is 5.70. The number of nitrogens with two attached hydrogens (primary N) is 1. The molecule has 0 saturated carbocycles. The molecule has 0 saturated heterocycles. The van der Waals surface area contributed by atoms with Gasteiger partial charge in [-0.05, 0) is 31.5 Å². The number of aromatic nitrogens is 3.